The van der Waals surface area contributed by atoms with Crippen LogP contribution in [-0.2, 0) is 0 Å². The SMILES string of the molecule is Cc1ccc(C(Cl)c2cccnc2)s1. The topological polar surface area (TPSA) is 12.9 Å². The van der Waals surface area contributed by atoms with Gasteiger partial charge in [-0.3, -0.25) is 4.98 Å². The van der Waals surface area contributed by atoms with Crippen LogP contribution in [0, 0.1) is 6.92 Å². The van der Waals surface area contributed by atoms with E-state index in [-0.39, 0.29) is 5.38 Å². The zero-order valence-corrected chi connectivity index (χ0v) is 9.35. The lowest BCUT2D eigenvalue weighted by molar-refractivity contribution is 1.14. The Kier molecular flexibility index (Phi) is 2.85. The predicted octanol–water partition coefficient (Wildman–Crippen LogP) is 3.78. The maximum atomic E-state index is 6.32. The van der Waals surface area contributed by atoms with Crippen molar-refractivity contribution >= 4 is 22.9 Å². The molecule has 0 saturated carbocycles. The first-order valence-electron chi connectivity index (χ1n) is 4.37. The summed E-state index contributed by atoms with van der Waals surface area (Å²) in [5, 5.41) is -0.0672. The number of hydrogen-bond donors (Lipinski definition) is 0. The maximum absolute atomic E-state index is 6.32. The van der Waals surface area contributed by atoms with Crippen molar-refractivity contribution in [3.63, 3.8) is 0 Å². The molecule has 0 aliphatic carbocycles. The Bertz CT molecular complexity index is 410. The van der Waals surface area contributed by atoms with Gasteiger partial charge in [-0.1, -0.05) is 6.07 Å². The van der Waals surface area contributed by atoms with Crippen molar-refractivity contribution in [1.82, 2.24) is 4.98 Å². The van der Waals surface area contributed by atoms with Crippen LogP contribution in [0.4, 0.5) is 0 Å². The second kappa shape index (κ2) is 4.11. The summed E-state index contributed by atoms with van der Waals surface area (Å²) in [5.41, 5.74) is 1.05. The first kappa shape index (κ1) is 9.69. The Morgan fingerprint density at radius 2 is 2.21 bits per heavy atom. The van der Waals surface area contributed by atoms with Gasteiger partial charge in [-0.05, 0) is 30.7 Å². The Labute approximate surface area is 92.4 Å². The van der Waals surface area contributed by atoms with Crippen molar-refractivity contribution in [1.29, 1.82) is 0 Å². The third-order valence-corrected chi connectivity index (χ3v) is 3.67. The monoisotopic (exact) mass is 223 g/mol. The molecule has 2 rings (SSSR count). The molecule has 2 aromatic rings. The van der Waals surface area contributed by atoms with Gasteiger partial charge in [0.1, 0.15) is 0 Å². The summed E-state index contributed by atoms with van der Waals surface area (Å²) in [6.07, 6.45) is 3.57. The van der Waals surface area contributed by atoms with Gasteiger partial charge in [-0.2, -0.15) is 0 Å². The average Bonchev–Trinajstić information content (AvgIpc) is 2.65. The molecule has 0 aliphatic heterocycles. The Morgan fingerprint density at radius 3 is 2.79 bits per heavy atom. The number of halogens is 1. The van der Waals surface area contributed by atoms with Crippen molar-refractivity contribution < 1.29 is 0 Å². The molecule has 0 radical (unpaired) electrons. The van der Waals surface area contributed by atoms with Gasteiger partial charge in [-0.15, -0.1) is 22.9 Å². The molecule has 3 heteroatoms. The molecule has 0 aliphatic rings. The molecule has 1 unspecified atom stereocenters. The van der Waals surface area contributed by atoms with E-state index in [4.69, 9.17) is 11.6 Å². The van der Waals surface area contributed by atoms with Gasteiger partial charge in [0, 0.05) is 22.1 Å². The third-order valence-electron chi connectivity index (χ3n) is 1.99. The molecule has 72 valence electrons. The van der Waals surface area contributed by atoms with E-state index in [1.807, 2.05) is 18.3 Å². The molecule has 0 aromatic carbocycles. The second-order valence-electron chi connectivity index (χ2n) is 3.10. The van der Waals surface area contributed by atoms with Crippen molar-refractivity contribution in [2.45, 2.75) is 12.3 Å². The van der Waals surface area contributed by atoms with E-state index in [1.54, 1.807) is 17.5 Å². The molecule has 0 fully saturated rings. The lowest BCUT2D eigenvalue weighted by Gasteiger charge is -2.05. The molecule has 0 saturated heterocycles. The molecule has 1 nitrogen and oxygen atoms in total. The van der Waals surface area contributed by atoms with E-state index in [0.29, 0.717) is 0 Å². The maximum Gasteiger partial charge on any atom is 0.0942 e. The summed E-state index contributed by atoms with van der Waals surface area (Å²) in [6.45, 7) is 2.08. The number of aryl methyl sites for hydroxylation is 1. The normalized spacial score (nSPS) is 12.7. The van der Waals surface area contributed by atoms with E-state index in [1.165, 1.54) is 9.75 Å². The molecular formula is C11H10ClNS. The minimum absolute atomic E-state index is 0.0672. The van der Waals surface area contributed by atoms with Crippen LogP contribution in [0.2, 0.25) is 0 Å². The molecular weight excluding hydrogens is 214 g/mol. The molecule has 0 N–H and O–H groups in total. The van der Waals surface area contributed by atoms with Crippen molar-refractivity contribution in [2.75, 3.05) is 0 Å². The van der Waals surface area contributed by atoms with Crippen molar-refractivity contribution in [3.05, 3.63) is 52.0 Å². The quantitative estimate of drug-likeness (QED) is 0.707. The predicted molar refractivity (Wildman–Crippen MR) is 61.0 cm³/mol. The van der Waals surface area contributed by atoms with E-state index < -0.39 is 0 Å². The number of hydrogen-bond acceptors (Lipinski definition) is 2. The van der Waals surface area contributed by atoms with Crippen LogP contribution in [0.15, 0.2) is 36.7 Å². The second-order valence-corrected chi connectivity index (χ2v) is 4.85. The highest BCUT2D eigenvalue weighted by Crippen LogP contribution is 2.32. The molecule has 1 atom stereocenters. The van der Waals surface area contributed by atoms with Gasteiger partial charge in [-0.25, -0.2) is 0 Å². The molecule has 0 spiro atoms. The summed E-state index contributed by atoms with van der Waals surface area (Å²) in [4.78, 5) is 6.52. The smallest absolute Gasteiger partial charge is 0.0942 e. The molecule has 0 amide bonds. The van der Waals surface area contributed by atoms with E-state index in [2.05, 4.69) is 24.0 Å². The first-order chi connectivity index (χ1) is 6.77. The van der Waals surface area contributed by atoms with E-state index in [0.717, 1.165) is 5.56 Å². The highest BCUT2D eigenvalue weighted by atomic mass is 35.5. The van der Waals surface area contributed by atoms with E-state index in [9.17, 15) is 0 Å². The molecule has 14 heavy (non-hydrogen) atoms. The number of thiophene rings is 1. The van der Waals surface area contributed by atoms with Crippen LogP contribution >= 0.6 is 22.9 Å². The fraction of sp³-hybridized carbons (Fsp3) is 0.182. The average molecular weight is 224 g/mol. The Morgan fingerprint density at radius 1 is 1.36 bits per heavy atom. The minimum Gasteiger partial charge on any atom is -0.264 e. The summed E-state index contributed by atoms with van der Waals surface area (Å²) in [7, 11) is 0. The lowest BCUT2D eigenvalue weighted by Crippen LogP contribution is -1.89. The Balaban J connectivity index is 2.29. The van der Waals surface area contributed by atoms with Crippen LogP contribution in [-0.4, -0.2) is 4.98 Å². The zero-order valence-electron chi connectivity index (χ0n) is 7.77. The van der Waals surface area contributed by atoms with Gasteiger partial charge in [0.05, 0.1) is 5.38 Å². The van der Waals surface area contributed by atoms with Gasteiger partial charge >= 0.3 is 0 Å². The summed E-state index contributed by atoms with van der Waals surface area (Å²) >= 11 is 8.05. The highest BCUT2D eigenvalue weighted by molar-refractivity contribution is 7.12. The number of pyridine rings is 1. The van der Waals surface area contributed by atoms with Crippen molar-refractivity contribution in [3.8, 4) is 0 Å². The number of nitrogens with zero attached hydrogens (tertiary/aromatic N) is 1. The van der Waals surface area contributed by atoms with Crippen LogP contribution in [0.1, 0.15) is 20.7 Å². The molecule has 2 aromatic heterocycles. The van der Waals surface area contributed by atoms with Gasteiger partial charge < -0.3 is 0 Å². The standard InChI is InChI=1S/C11H10ClNS/c1-8-4-5-10(14-8)11(12)9-3-2-6-13-7-9/h2-7,11H,1H3. The summed E-state index contributed by atoms with van der Waals surface area (Å²) in [5.74, 6) is 0. The summed E-state index contributed by atoms with van der Waals surface area (Å²) in [6, 6.07) is 8.07. The number of rotatable bonds is 2. The van der Waals surface area contributed by atoms with Crippen LogP contribution in [0.3, 0.4) is 0 Å². The van der Waals surface area contributed by atoms with E-state index >= 15 is 0 Å². The first-order valence-corrected chi connectivity index (χ1v) is 5.63. The molecule has 0 bridgehead atoms. The number of aromatic nitrogens is 1. The zero-order chi connectivity index (χ0) is 9.97. The largest absolute Gasteiger partial charge is 0.264 e. The summed E-state index contributed by atoms with van der Waals surface area (Å²) < 4.78 is 0. The van der Waals surface area contributed by atoms with Crippen LogP contribution < -0.4 is 0 Å². The van der Waals surface area contributed by atoms with Crippen molar-refractivity contribution in [2.24, 2.45) is 0 Å². The van der Waals surface area contributed by atoms with Gasteiger partial charge in [0.15, 0.2) is 0 Å². The molecule has 2 heterocycles. The fourth-order valence-corrected chi connectivity index (χ4v) is 2.50. The van der Waals surface area contributed by atoms with Gasteiger partial charge in [0.2, 0.25) is 0 Å². The Hall–Kier alpha value is -0.860. The highest BCUT2D eigenvalue weighted by Gasteiger charge is 2.11. The number of alkyl halides is 1. The lowest BCUT2D eigenvalue weighted by atomic mass is 10.2. The van der Waals surface area contributed by atoms with Crippen LogP contribution in [0.5, 0.6) is 0 Å². The fourth-order valence-electron chi connectivity index (χ4n) is 1.28. The third kappa shape index (κ3) is 1.97. The van der Waals surface area contributed by atoms with Crippen LogP contribution in [0.25, 0.3) is 0 Å². The van der Waals surface area contributed by atoms with Gasteiger partial charge in [0.25, 0.3) is 0 Å². The minimum atomic E-state index is -0.0672.